The molecule has 0 amide bonds. The van der Waals surface area contributed by atoms with Crippen molar-refractivity contribution in [3.63, 3.8) is 0 Å². The molecule has 0 aliphatic carbocycles. The topological polar surface area (TPSA) is 114 Å². The predicted octanol–water partition coefficient (Wildman–Crippen LogP) is -1.89. The van der Waals surface area contributed by atoms with Crippen molar-refractivity contribution >= 4 is 16.4 Å². The minimum atomic E-state index is -4.26. The van der Waals surface area contributed by atoms with Crippen LogP contribution in [0.25, 0.3) is 0 Å². The zero-order valence-electron chi connectivity index (χ0n) is 4.46. The fourth-order valence-corrected chi connectivity index (χ4v) is 0.701. The summed E-state index contributed by atoms with van der Waals surface area (Å²) in [5.74, 6) is -0.602. The molecule has 0 atom stereocenters. The second kappa shape index (κ2) is 1.97. The first-order valence-corrected chi connectivity index (χ1v) is 3.30. The van der Waals surface area contributed by atoms with E-state index in [1.165, 1.54) is 0 Å². The van der Waals surface area contributed by atoms with Crippen LogP contribution in [0.3, 0.4) is 0 Å². The van der Waals surface area contributed by atoms with Gasteiger partial charge in [-0.2, -0.15) is 8.42 Å². The van der Waals surface area contributed by atoms with E-state index < -0.39 is 16.4 Å². The summed E-state index contributed by atoms with van der Waals surface area (Å²) in [6.07, 6.45) is 0. The summed E-state index contributed by atoms with van der Waals surface area (Å²) in [6, 6.07) is 0. The number of rotatable bonds is 0. The third-order valence-corrected chi connectivity index (χ3v) is 1.16. The molecule has 1 aliphatic rings. The number of oxime groups is 1. The van der Waals surface area contributed by atoms with Crippen LogP contribution in [0.2, 0.25) is 0 Å². The fraction of sp³-hybridized carbons (Fsp3) is 0. The molecule has 10 heavy (non-hydrogen) atoms. The van der Waals surface area contributed by atoms with Crippen LogP contribution in [0.4, 0.5) is 0 Å². The molecule has 0 bridgehead atoms. The Hall–Kier alpha value is -1.06. The summed E-state index contributed by atoms with van der Waals surface area (Å²) < 4.78 is 27.7. The molecule has 0 saturated carbocycles. The van der Waals surface area contributed by atoms with Gasteiger partial charge >= 0.3 is 10.4 Å². The van der Waals surface area contributed by atoms with Crippen LogP contribution in [0.5, 0.6) is 0 Å². The first-order chi connectivity index (χ1) is 4.51. The summed E-state index contributed by atoms with van der Waals surface area (Å²) in [7, 11) is -4.26. The molecule has 0 unspecified atom stereocenters. The molecular weight excluding hydrogens is 166 g/mol. The Morgan fingerprint density at radius 3 is 2.70 bits per heavy atom. The SMILES string of the molecule is NC1=NOS(=O)(=O)ON1O. The van der Waals surface area contributed by atoms with Crippen molar-refractivity contribution in [3.8, 4) is 0 Å². The Labute approximate surface area is 55.7 Å². The molecule has 0 spiro atoms. The van der Waals surface area contributed by atoms with Gasteiger partial charge in [0.2, 0.25) is 0 Å². The molecule has 58 valence electrons. The highest BCUT2D eigenvalue weighted by Gasteiger charge is 2.25. The molecule has 1 aliphatic heterocycles. The van der Waals surface area contributed by atoms with Gasteiger partial charge < -0.3 is 5.73 Å². The van der Waals surface area contributed by atoms with E-state index in [-0.39, 0.29) is 5.23 Å². The highest BCUT2D eigenvalue weighted by atomic mass is 32.3. The van der Waals surface area contributed by atoms with Crippen LogP contribution in [0, 0.1) is 0 Å². The van der Waals surface area contributed by atoms with Crippen molar-refractivity contribution in [3.05, 3.63) is 0 Å². The first kappa shape index (κ1) is 7.05. The van der Waals surface area contributed by atoms with Gasteiger partial charge in [-0.15, -0.1) is 0 Å². The fourth-order valence-electron chi connectivity index (χ4n) is 0.257. The molecule has 0 radical (unpaired) electrons. The number of hydrogen-bond acceptors (Lipinski definition) is 8. The Kier molecular flexibility index (Phi) is 1.39. The van der Waals surface area contributed by atoms with Crippen LogP contribution in [0.15, 0.2) is 5.16 Å². The van der Waals surface area contributed by atoms with Crippen molar-refractivity contribution in [2.24, 2.45) is 10.9 Å². The maximum atomic E-state index is 10.2. The second-order valence-corrected chi connectivity index (χ2v) is 2.39. The average molecular weight is 169 g/mol. The highest BCUT2D eigenvalue weighted by molar-refractivity contribution is 7.81. The van der Waals surface area contributed by atoms with Crippen LogP contribution in [0.1, 0.15) is 0 Å². The van der Waals surface area contributed by atoms with Crippen LogP contribution in [-0.2, 0) is 19.0 Å². The molecule has 0 fully saturated rings. The highest BCUT2D eigenvalue weighted by Crippen LogP contribution is 2.04. The molecular formula is CH3N3O5S. The van der Waals surface area contributed by atoms with Gasteiger partial charge in [0.1, 0.15) is 0 Å². The Morgan fingerprint density at radius 2 is 2.30 bits per heavy atom. The van der Waals surface area contributed by atoms with Crippen LogP contribution in [-0.4, -0.2) is 24.8 Å². The minimum absolute atomic E-state index is 0.223. The van der Waals surface area contributed by atoms with E-state index in [0.29, 0.717) is 0 Å². The van der Waals surface area contributed by atoms with E-state index in [4.69, 9.17) is 10.9 Å². The van der Waals surface area contributed by atoms with Crippen LogP contribution >= 0.6 is 0 Å². The second-order valence-electron chi connectivity index (χ2n) is 1.28. The zero-order chi connectivity index (χ0) is 7.78. The summed E-state index contributed by atoms with van der Waals surface area (Å²) in [5.41, 5.74) is 4.81. The molecule has 3 N–H and O–H groups in total. The van der Waals surface area contributed by atoms with Gasteiger partial charge in [0, 0.05) is 0 Å². The molecule has 1 heterocycles. The van der Waals surface area contributed by atoms with Crippen molar-refractivity contribution in [2.75, 3.05) is 0 Å². The van der Waals surface area contributed by atoms with E-state index in [1.807, 2.05) is 0 Å². The van der Waals surface area contributed by atoms with E-state index in [1.54, 1.807) is 0 Å². The van der Waals surface area contributed by atoms with E-state index >= 15 is 0 Å². The lowest BCUT2D eigenvalue weighted by molar-refractivity contribution is -0.229. The molecule has 0 aromatic rings. The maximum absolute atomic E-state index is 10.2. The van der Waals surface area contributed by atoms with Gasteiger partial charge in [-0.1, -0.05) is 9.51 Å². The third kappa shape index (κ3) is 1.26. The summed E-state index contributed by atoms with van der Waals surface area (Å²) in [4.78, 5) is 0. The number of nitrogens with two attached hydrogens (primary N) is 1. The van der Waals surface area contributed by atoms with E-state index in [2.05, 4.69) is 13.7 Å². The predicted molar refractivity (Wildman–Crippen MR) is 26.3 cm³/mol. The Morgan fingerprint density at radius 1 is 1.70 bits per heavy atom. The quantitative estimate of drug-likeness (QED) is 0.435. The smallest absolute Gasteiger partial charge is 0.363 e. The molecule has 9 heteroatoms. The third-order valence-electron chi connectivity index (χ3n) is 0.580. The molecule has 8 nitrogen and oxygen atoms in total. The molecule has 0 aromatic carbocycles. The maximum Gasteiger partial charge on any atom is 0.493 e. The molecule has 0 saturated heterocycles. The van der Waals surface area contributed by atoms with Gasteiger partial charge in [-0.25, -0.2) is 4.28 Å². The number of hydroxylamine groups is 2. The number of nitrogens with zero attached hydrogens (tertiary/aromatic N) is 2. The van der Waals surface area contributed by atoms with Gasteiger partial charge in [0.25, 0.3) is 5.96 Å². The van der Waals surface area contributed by atoms with Gasteiger partial charge in [-0.3, -0.25) is 5.21 Å². The van der Waals surface area contributed by atoms with E-state index in [9.17, 15) is 8.42 Å². The summed E-state index contributed by atoms with van der Waals surface area (Å²) in [6.45, 7) is 0. The van der Waals surface area contributed by atoms with Gasteiger partial charge in [0.05, 0.1) is 0 Å². The normalized spacial score (nSPS) is 23.3. The molecule has 1 rings (SSSR count). The lowest BCUT2D eigenvalue weighted by Gasteiger charge is -2.15. The monoisotopic (exact) mass is 169 g/mol. The summed E-state index contributed by atoms with van der Waals surface area (Å²) in [5, 5.41) is 10.9. The van der Waals surface area contributed by atoms with E-state index in [0.717, 1.165) is 0 Å². The number of hydrogen-bond donors (Lipinski definition) is 2. The standard InChI is InChI=1S/CH3N3O5S/c2-1-3-8-10(6,7)9-4(1)5/h5H,(H2,2,3). The Bertz CT molecular complexity index is 254. The average Bonchev–Trinajstić information content (AvgIpc) is 1.79. The lowest BCUT2D eigenvalue weighted by atomic mass is 11.1. The Balaban J connectivity index is 2.89. The minimum Gasteiger partial charge on any atom is -0.363 e. The van der Waals surface area contributed by atoms with Crippen LogP contribution < -0.4 is 5.73 Å². The van der Waals surface area contributed by atoms with Crippen molar-refractivity contribution in [1.82, 2.24) is 5.23 Å². The van der Waals surface area contributed by atoms with Crippen molar-refractivity contribution in [2.45, 2.75) is 0 Å². The van der Waals surface area contributed by atoms with Crippen molar-refractivity contribution in [1.29, 1.82) is 0 Å². The largest absolute Gasteiger partial charge is 0.493 e. The first-order valence-electron chi connectivity index (χ1n) is 1.97. The van der Waals surface area contributed by atoms with Gasteiger partial charge in [0.15, 0.2) is 0 Å². The van der Waals surface area contributed by atoms with Gasteiger partial charge in [-0.05, 0) is 5.16 Å². The summed E-state index contributed by atoms with van der Waals surface area (Å²) >= 11 is 0. The lowest BCUT2D eigenvalue weighted by Crippen LogP contribution is -2.40. The molecule has 0 aromatic heterocycles. The van der Waals surface area contributed by atoms with Crippen molar-refractivity contribution < 1.29 is 22.2 Å². The zero-order valence-corrected chi connectivity index (χ0v) is 5.28. The number of guanidine groups is 1.